The second-order valence-electron chi connectivity index (χ2n) is 4.92. The molecule has 2 aromatic rings. The summed E-state index contributed by atoms with van der Waals surface area (Å²) in [6.45, 7) is 4.60. The van der Waals surface area contributed by atoms with Gasteiger partial charge in [0.05, 0.1) is 0 Å². The van der Waals surface area contributed by atoms with Crippen LogP contribution >= 0.6 is 0 Å². The molecule has 0 spiro atoms. The molecular formula is C18H18O3. The molecule has 3 heteroatoms. The van der Waals surface area contributed by atoms with Crippen molar-refractivity contribution in [1.29, 1.82) is 0 Å². The van der Waals surface area contributed by atoms with Gasteiger partial charge in [-0.3, -0.25) is 0 Å². The molecule has 0 bridgehead atoms. The van der Waals surface area contributed by atoms with Crippen LogP contribution in [0.2, 0.25) is 0 Å². The molecule has 0 aliphatic rings. The van der Waals surface area contributed by atoms with Crippen LogP contribution < -0.4 is 4.74 Å². The molecule has 0 radical (unpaired) electrons. The Kier molecular flexibility index (Phi) is 4.77. The first-order valence-electron chi connectivity index (χ1n) is 6.75. The van der Waals surface area contributed by atoms with Crippen LogP contribution in [-0.2, 0) is 11.4 Å². The zero-order valence-electron chi connectivity index (χ0n) is 12.2. The van der Waals surface area contributed by atoms with E-state index in [4.69, 9.17) is 9.84 Å². The molecule has 1 N–H and O–H groups in total. The van der Waals surface area contributed by atoms with Gasteiger partial charge in [0.2, 0.25) is 0 Å². The van der Waals surface area contributed by atoms with Crippen LogP contribution in [0.3, 0.4) is 0 Å². The maximum Gasteiger partial charge on any atom is 0.328 e. The molecule has 0 aromatic heterocycles. The zero-order valence-corrected chi connectivity index (χ0v) is 12.2. The molecule has 108 valence electrons. The van der Waals surface area contributed by atoms with Gasteiger partial charge < -0.3 is 9.84 Å². The smallest absolute Gasteiger partial charge is 0.328 e. The summed E-state index contributed by atoms with van der Waals surface area (Å²) in [5, 5.41) is 8.70. The summed E-state index contributed by atoms with van der Waals surface area (Å²) >= 11 is 0. The average molecular weight is 282 g/mol. The number of carboxylic acids is 1. The molecule has 2 aromatic carbocycles. The first-order valence-corrected chi connectivity index (χ1v) is 6.75. The maximum absolute atomic E-state index is 10.6. The number of hydrogen-bond acceptors (Lipinski definition) is 2. The van der Waals surface area contributed by atoms with E-state index in [0.29, 0.717) is 12.4 Å². The standard InChI is InChI=1S/C18H18O3/c1-13-7-8-15(11-14(13)2)12-21-17-6-4-3-5-16(17)9-10-18(19)20/h3-11H,12H2,1-2H3,(H,19,20). The largest absolute Gasteiger partial charge is 0.488 e. The van der Waals surface area contributed by atoms with Crippen LogP contribution in [0.1, 0.15) is 22.3 Å². The van der Waals surface area contributed by atoms with Gasteiger partial charge in [-0.1, -0.05) is 36.4 Å². The van der Waals surface area contributed by atoms with Gasteiger partial charge in [-0.2, -0.15) is 0 Å². The lowest BCUT2D eigenvalue weighted by molar-refractivity contribution is -0.131. The minimum atomic E-state index is -0.973. The van der Waals surface area contributed by atoms with E-state index in [0.717, 1.165) is 17.2 Å². The summed E-state index contributed by atoms with van der Waals surface area (Å²) in [4.78, 5) is 10.6. The minimum absolute atomic E-state index is 0.457. The number of hydrogen-bond donors (Lipinski definition) is 1. The third-order valence-corrected chi connectivity index (χ3v) is 3.29. The van der Waals surface area contributed by atoms with Gasteiger partial charge in [0.1, 0.15) is 12.4 Å². The summed E-state index contributed by atoms with van der Waals surface area (Å²) in [5.74, 6) is -0.299. The van der Waals surface area contributed by atoms with E-state index < -0.39 is 5.97 Å². The number of aliphatic carboxylic acids is 1. The quantitative estimate of drug-likeness (QED) is 0.844. The van der Waals surface area contributed by atoms with E-state index in [2.05, 4.69) is 26.0 Å². The first kappa shape index (κ1) is 14.9. The number of para-hydroxylation sites is 1. The average Bonchev–Trinajstić information content (AvgIpc) is 2.47. The highest BCUT2D eigenvalue weighted by atomic mass is 16.5. The van der Waals surface area contributed by atoms with Gasteiger partial charge in [-0.15, -0.1) is 0 Å². The Morgan fingerprint density at radius 1 is 1.14 bits per heavy atom. The number of ether oxygens (including phenoxy) is 1. The monoisotopic (exact) mass is 282 g/mol. The van der Waals surface area contributed by atoms with Crippen LogP contribution in [0, 0.1) is 13.8 Å². The lowest BCUT2D eigenvalue weighted by Crippen LogP contribution is -1.98. The summed E-state index contributed by atoms with van der Waals surface area (Å²) < 4.78 is 5.81. The number of carbonyl (C=O) groups is 1. The molecule has 0 atom stereocenters. The fourth-order valence-electron chi connectivity index (χ4n) is 1.97. The third kappa shape index (κ3) is 4.21. The van der Waals surface area contributed by atoms with Crippen LogP contribution in [0.15, 0.2) is 48.5 Å². The Bertz CT molecular complexity index is 672. The Labute approximate surface area is 124 Å². The molecule has 21 heavy (non-hydrogen) atoms. The molecule has 0 aliphatic carbocycles. The van der Waals surface area contributed by atoms with Crippen molar-refractivity contribution in [1.82, 2.24) is 0 Å². The maximum atomic E-state index is 10.6. The van der Waals surface area contributed by atoms with Gasteiger partial charge >= 0.3 is 5.97 Å². The SMILES string of the molecule is Cc1ccc(COc2ccccc2C=CC(=O)O)cc1C. The summed E-state index contributed by atoms with van der Waals surface area (Å²) in [6, 6.07) is 13.6. The number of carboxylic acid groups (broad SMARTS) is 1. The highest BCUT2D eigenvalue weighted by Gasteiger charge is 2.02. The summed E-state index contributed by atoms with van der Waals surface area (Å²) in [7, 11) is 0. The van der Waals surface area contributed by atoms with Gasteiger partial charge in [0.25, 0.3) is 0 Å². The Hall–Kier alpha value is -2.55. The van der Waals surface area contributed by atoms with E-state index in [1.165, 1.54) is 17.2 Å². The fourth-order valence-corrected chi connectivity index (χ4v) is 1.97. The van der Waals surface area contributed by atoms with Crippen molar-refractivity contribution in [2.75, 3.05) is 0 Å². The van der Waals surface area contributed by atoms with Crippen molar-refractivity contribution in [3.8, 4) is 5.75 Å². The van der Waals surface area contributed by atoms with E-state index in [9.17, 15) is 4.79 Å². The fraction of sp³-hybridized carbons (Fsp3) is 0.167. The van der Waals surface area contributed by atoms with Crippen LogP contribution in [0.5, 0.6) is 5.75 Å². The molecule has 0 amide bonds. The highest BCUT2D eigenvalue weighted by Crippen LogP contribution is 2.21. The van der Waals surface area contributed by atoms with Crippen molar-refractivity contribution >= 4 is 12.0 Å². The number of benzene rings is 2. The number of rotatable bonds is 5. The van der Waals surface area contributed by atoms with Crippen molar-refractivity contribution in [3.05, 3.63) is 70.8 Å². The van der Waals surface area contributed by atoms with Crippen molar-refractivity contribution in [2.24, 2.45) is 0 Å². The lowest BCUT2D eigenvalue weighted by atomic mass is 10.1. The molecular weight excluding hydrogens is 264 g/mol. The topological polar surface area (TPSA) is 46.5 Å². The zero-order chi connectivity index (χ0) is 15.2. The van der Waals surface area contributed by atoms with Gasteiger partial charge in [0, 0.05) is 11.6 Å². The molecule has 0 fully saturated rings. The second-order valence-corrected chi connectivity index (χ2v) is 4.92. The van der Waals surface area contributed by atoms with Crippen molar-refractivity contribution in [3.63, 3.8) is 0 Å². The Balaban J connectivity index is 2.12. The predicted octanol–water partition coefficient (Wildman–Crippen LogP) is 3.98. The van der Waals surface area contributed by atoms with E-state index in [1.54, 1.807) is 0 Å². The van der Waals surface area contributed by atoms with E-state index in [-0.39, 0.29) is 0 Å². The molecule has 3 nitrogen and oxygen atoms in total. The van der Waals surface area contributed by atoms with Crippen molar-refractivity contribution in [2.45, 2.75) is 20.5 Å². The summed E-state index contributed by atoms with van der Waals surface area (Å²) in [6.07, 6.45) is 2.65. The molecule has 0 heterocycles. The highest BCUT2D eigenvalue weighted by molar-refractivity contribution is 5.85. The molecule has 0 unspecified atom stereocenters. The predicted molar refractivity (Wildman–Crippen MR) is 83.4 cm³/mol. The summed E-state index contributed by atoms with van der Waals surface area (Å²) in [5.41, 5.74) is 4.33. The molecule has 0 saturated heterocycles. The van der Waals surface area contributed by atoms with Gasteiger partial charge in [-0.25, -0.2) is 4.79 Å². The van der Waals surface area contributed by atoms with Crippen molar-refractivity contribution < 1.29 is 14.6 Å². The van der Waals surface area contributed by atoms with Gasteiger partial charge in [-0.05, 0) is 42.7 Å². The molecule has 2 rings (SSSR count). The van der Waals surface area contributed by atoms with Gasteiger partial charge in [0.15, 0.2) is 0 Å². The molecule has 0 saturated carbocycles. The molecule has 0 aliphatic heterocycles. The Morgan fingerprint density at radius 3 is 2.62 bits per heavy atom. The van der Waals surface area contributed by atoms with E-state index >= 15 is 0 Å². The van der Waals surface area contributed by atoms with Crippen LogP contribution in [-0.4, -0.2) is 11.1 Å². The lowest BCUT2D eigenvalue weighted by Gasteiger charge is -2.10. The van der Waals surface area contributed by atoms with E-state index in [1.807, 2.05) is 30.3 Å². The minimum Gasteiger partial charge on any atom is -0.488 e. The first-order chi connectivity index (χ1) is 10.1. The second kappa shape index (κ2) is 6.75. The normalized spacial score (nSPS) is 10.8. The van der Waals surface area contributed by atoms with Crippen LogP contribution in [0.25, 0.3) is 6.08 Å². The Morgan fingerprint density at radius 2 is 1.90 bits per heavy atom. The number of aryl methyl sites for hydroxylation is 2. The third-order valence-electron chi connectivity index (χ3n) is 3.29. The van der Waals surface area contributed by atoms with Crippen LogP contribution in [0.4, 0.5) is 0 Å².